The number of hydrogen-bond acceptors (Lipinski definition) is 4. The third-order valence-corrected chi connectivity index (χ3v) is 3.78. The minimum Gasteiger partial charge on any atom is -0.395 e. The minimum absolute atomic E-state index is 0.0106. The quantitative estimate of drug-likeness (QED) is 0.925. The van der Waals surface area contributed by atoms with Crippen molar-refractivity contribution in [3.63, 3.8) is 0 Å². The minimum atomic E-state index is -3.62. The zero-order valence-electron chi connectivity index (χ0n) is 11.4. The summed E-state index contributed by atoms with van der Waals surface area (Å²) in [5, 5.41) is 3.24. The van der Waals surface area contributed by atoms with E-state index in [0.29, 0.717) is 6.42 Å². The van der Waals surface area contributed by atoms with Gasteiger partial charge in [0, 0.05) is 32.2 Å². The molecule has 2 heterocycles. The third-order valence-electron chi connectivity index (χ3n) is 3.78. The first-order valence-corrected chi connectivity index (χ1v) is 6.99. The Balaban J connectivity index is 1.83. The Morgan fingerprint density at radius 1 is 1.19 bits per heavy atom. The Bertz CT molecular complexity index is 507. The van der Waals surface area contributed by atoms with E-state index in [4.69, 9.17) is 0 Å². The number of benzene rings is 1. The Kier molecular flexibility index (Phi) is 3.95. The number of alkyl halides is 3. The highest BCUT2D eigenvalue weighted by Crippen LogP contribution is 2.42. The summed E-state index contributed by atoms with van der Waals surface area (Å²) in [6.07, 6.45) is -3.29. The van der Waals surface area contributed by atoms with Crippen LogP contribution in [0.2, 0.25) is 0 Å². The molecule has 3 rings (SSSR count). The van der Waals surface area contributed by atoms with Crippen molar-refractivity contribution in [1.82, 2.24) is 10.2 Å². The molecule has 1 atom stereocenters. The van der Waals surface area contributed by atoms with Gasteiger partial charge >= 0.3 is 6.29 Å². The van der Waals surface area contributed by atoms with Gasteiger partial charge in [-0.05, 0) is 24.1 Å². The number of nitrogens with zero attached hydrogens (tertiary/aromatic N) is 1. The zero-order valence-corrected chi connectivity index (χ0v) is 11.4. The van der Waals surface area contributed by atoms with Crippen molar-refractivity contribution < 1.29 is 22.6 Å². The van der Waals surface area contributed by atoms with Gasteiger partial charge in [-0.3, -0.25) is 9.29 Å². The van der Waals surface area contributed by atoms with Gasteiger partial charge in [-0.1, -0.05) is 6.07 Å². The van der Waals surface area contributed by atoms with Gasteiger partial charge in [0.1, 0.15) is 0 Å². The number of rotatable bonds is 4. The largest absolute Gasteiger partial charge is 0.586 e. The molecule has 21 heavy (non-hydrogen) atoms. The number of nitrogens with one attached hydrogen (secondary N) is 1. The molecule has 0 bridgehead atoms. The molecule has 1 saturated heterocycles. The summed E-state index contributed by atoms with van der Waals surface area (Å²) in [5.74, 6) is 0.0274. The molecule has 2 aliphatic rings. The van der Waals surface area contributed by atoms with Crippen LogP contribution in [0.4, 0.5) is 13.2 Å². The van der Waals surface area contributed by atoms with Crippen LogP contribution in [-0.2, 0) is 0 Å². The Labute approximate surface area is 120 Å². The summed E-state index contributed by atoms with van der Waals surface area (Å²) >= 11 is 0. The molecular formula is C14H17F3N2O2. The van der Waals surface area contributed by atoms with E-state index in [9.17, 15) is 13.2 Å². The lowest BCUT2D eigenvalue weighted by Crippen LogP contribution is -2.45. The molecule has 1 N–H and O–H groups in total. The lowest BCUT2D eigenvalue weighted by molar-refractivity contribution is -0.286. The molecule has 0 aromatic heterocycles. The van der Waals surface area contributed by atoms with E-state index < -0.39 is 13.0 Å². The second-order valence-electron chi connectivity index (χ2n) is 5.15. The van der Waals surface area contributed by atoms with Crippen molar-refractivity contribution >= 4 is 0 Å². The van der Waals surface area contributed by atoms with Gasteiger partial charge < -0.3 is 14.8 Å². The molecule has 1 aromatic rings. The first kappa shape index (κ1) is 14.5. The van der Waals surface area contributed by atoms with Crippen LogP contribution in [-0.4, -0.2) is 44.0 Å². The maximum atomic E-state index is 13.0. The fraction of sp³-hybridized carbons (Fsp3) is 0.571. The highest BCUT2D eigenvalue weighted by Gasteiger charge is 2.43. The molecule has 0 radical (unpaired) electrons. The predicted octanol–water partition coefficient (Wildman–Crippen LogP) is 2.31. The molecule has 0 aliphatic carbocycles. The summed E-state index contributed by atoms with van der Waals surface area (Å²) in [6, 6.07) is 4.55. The van der Waals surface area contributed by atoms with Gasteiger partial charge in [0.15, 0.2) is 11.5 Å². The molecule has 1 aromatic carbocycles. The van der Waals surface area contributed by atoms with Crippen LogP contribution in [0.5, 0.6) is 11.5 Å². The van der Waals surface area contributed by atoms with E-state index in [1.54, 1.807) is 6.07 Å². The summed E-state index contributed by atoms with van der Waals surface area (Å²) in [5.41, 5.74) is 0.773. The lowest BCUT2D eigenvalue weighted by atomic mass is 10.0. The maximum Gasteiger partial charge on any atom is 0.586 e. The molecule has 0 spiro atoms. The van der Waals surface area contributed by atoms with Crippen LogP contribution in [0.25, 0.3) is 0 Å². The molecule has 0 unspecified atom stereocenters. The molecule has 2 aliphatic heterocycles. The van der Waals surface area contributed by atoms with E-state index >= 15 is 0 Å². The number of piperazine rings is 1. The number of hydrogen-bond donors (Lipinski definition) is 1. The van der Waals surface area contributed by atoms with Gasteiger partial charge in [-0.2, -0.15) is 0 Å². The Hall–Kier alpha value is -1.47. The Morgan fingerprint density at radius 3 is 2.62 bits per heavy atom. The van der Waals surface area contributed by atoms with Crippen LogP contribution < -0.4 is 14.8 Å². The van der Waals surface area contributed by atoms with Gasteiger partial charge in [-0.15, -0.1) is 8.78 Å². The molecular weight excluding hydrogens is 285 g/mol. The molecule has 7 heteroatoms. The number of fused-ring (bicyclic) bond motifs is 1. The summed E-state index contributed by atoms with van der Waals surface area (Å²) in [6.45, 7) is 2.82. The van der Waals surface area contributed by atoms with Crippen molar-refractivity contribution in [1.29, 1.82) is 0 Å². The normalized spacial score (nSPS) is 22.2. The van der Waals surface area contributed by atoms with Crippen molar-refractivity contribution in [2.45, 2.75) is 18.8 Å². The molecule has 1 fully saturated rings. The lowest BCUT2D eigenvalue weighted by Gasteiger charge is -2.34. The van der Waals surface area contributed by atoms with Crippen molar-refractivity contribution in [3.05, 3.63) is 23.8 Å². The van der Waals surface area contributed by atoms with E-state index in [1.165, 1.54) is 12.1 Å². The molecule has 0 saturated carbocycles. The van der Waals surface area contributed by atoms with Crippen molar-refractivity contribution in [2.75, 3.05) is 32.9 Å². The van der Waals surface area contributed by atoms with E-state index in [1.807, 2.05) is 0 Å². The standard InChI is InChI=1S/C14H17F3N2O2/c15-4-3-11(19-7-5-18-6-8-19)10-1-2-12-13(9-10)21-14(16,17)20-12/h1-2,9,11,18H,3-8H2/t11-/m1/s1. The van der Waals surface area contributed by atoms with Gasteiger partial charge in [0.25, 0.3) is 0 Å². The summed E-state index contributed by atoms with van der Waals surface area (Å²) in [7, 11) is 0. The first-order valence-electron chi connectivity index (χ1n) is 6.99. The van der Waals surface area contributed by atoms with Crippen LogP contribution >= 0.6 is 0 Å². The highest BCUT2D eigenvalue weighted by molar-refractivity contribution is 5.46. The summed E-state index contributed by atoms with van der Waals surface area (Å²) < 4.78 is 47.8. The molecule has 4 nitrogen and oxygen atoms in total. The van der Waals surface area contributed by atoms with Crippen LogP contribution in [0.15, 0.2) is 18.2 Å². The third kappa shape index (κ3) is 3.08. The Morgan fingerprint density at radius 2 is 1.90 bits per heavy atom. The average molecular weight is 302 g/mol. The topological polar surface area (TPSA) is 33.7 Å². The van der Waals surface area contributed by atoms with Crippen LogP contribution in [0.1, 0.15) is 18.0 Å². The van der Waals surface area contributed by atoms with Crippen molar-refractivity contribution in [2.24, 2.45) is 0 Å². The number of halogens is 3. The van der Waals surface area contributed by atoms with Gasteiger partial charge in [0.05, 0.1) is 6.67 Å². The second kappa shape index (κ2) is 5.73. The monoisotopic (exact) mass is 302 g/mol. The second-order valence-corrected chi connectivity index (χ2v) is 5.15. The first-order chi connectivity index (χ1) is 10.1. The SMILES string of the molecule is FCC[C@H](c1ccc2c(c1)OC(F)(F)O2)N1CCNCC1. The van der Waals surface area contributed by atoms with E-state index in [-0.39, 0.29) is 17.5 Å². The van der Waals surface area contributed by atoms with Gasteiger partial charge in [-0.25, -0.2) is 0 Å². The smallest absolute Gasteiger partial charge is 0.395 e. The predicted molar refractivity (Wildman–Crippen MR) is 70.4 cm³/mol. The molecule has 116 valence electrons. The number of ether oxygens (including phenoxy) is 2. The van der Waals surface area contributed by atoms with E-state index in [0.717, 1.165) is 31.7 Å². The zero-order chi connectivity index (χ0) is 14.9. The molecule has 0 amide bonds. The van der Waals surface area contributed by atoms with E-state index in [2.05, 4.69) is 19.7 Å². The average Bonchev–Trinajstić information content (AvgIpc) is 2.78. The van der Waals surface area contributed by atoms with Crippen LogP contribution in [0, 0.1) is 0 Å². The van der Waals surface area contributed by atoms with Crippen molar-refractivity contribution in [3.8, 4) is 11.5 Å². The maximum absolute atomic E-state index is 13.0. The van der Waals surface area contributed by atoms with Gasteiger partial charge in [0.2, 0.25) is 0 Å². The fourth-order valence-corrected chi connectivity index (χ4v) is 2.83. The highest BCUT2D eigenvalue weighted by atomic mass is 19.3. The summed E-state index contributed by atoms with van der Waals surface area (Å²) in [4.78, 5) is 2.16. The fourth-order valence-electron chi connectivity index (χ4n) is 2.83. The van der Waals surface area contributed by atoms with Crippen LogP contribution in [0.3, 0.4) is 0 Å².